The van der Waals surface area contributed by atoms with E-state index in [1.165, 1.54) is 11.3 Å². The molecular formula is C19H16N4O4S2. The van der Waals surface area contributed by atoms with Gasteiger partial charge in [0.15, 0.2) is 5.13 Å². The van der Waals surface area contributed by atoms with E-state index in [9.17, 15) is 9.59 Å². The Hall–Kier alpha value is -3.11. The molecule has 0 saturated heterocycles. The van der Waals surface area contributed by atoms with Gasteiger partial charge in [0.1, 0.15) is 4.88 Å². The van der Waals surface area contributed by atoms with Crippen molar-refractivity contribution in [3.8, 4) is 10.6 Å². The minimum Gasteiger partial charge on any atom is -0.462 e. The van der Waals surface area contributed by atoms with Crippen molar-refractivity contribution in [1.29, 1.82) is 0 Å². The number of thiazole rings is 1. The van der Waals surface area contributed by atoms with Crippen LogP contribution in [-0.4, -0.2) is 33.6 Å². The summed E-state index contributed by atoms with van der Waals surface area (Å²) in [6.45, 7) is 5.45. The van der Waals surface area contributed by atoms with E-state index >= 15 is 0 Å². The molecule has 0 aromatic carbocycles. The van der Waals surface area contributed by atoms with E-state index in [-0.39, 0.29) is 12.5 Å². The Morgan fingerprint density at radius 3 is 2.79 bits per heavy atom. The summed E-state index contributed by atoms with van der Waals surface area (Å²) >= 11 is 2.58. The number of nitrogens with one attached hydrogen (secondary N) is 1. The van der Waals surface area contributed by atoms with Gasteiger partial charge in [0.25, 0.3) is 11.6 Å². The summed E-state index contributed by atoms with van der Waals surface area (Å²) in [5, 5.41) is 9.49. The Balaban J connectivity index is 1.71. The highest BCUT2D eigenvalue weighted by Gasteiger charge is 2.22. The van der Waals surface area contributed by atoms with Gasteiger partial charge < -0.3 is 9.26 Å². The summed E-state index contributed by atoms with van der Waals surface area (Å²) in [6.07, 6.45) is 0. The van der Waals surface area contributed by atoms with Crippen molar-refractivity contribution in [3.63, 3.8) is 0 Å². The Bertz CT molecular complexity index is 1210. The first kappa shape index (κ1) is 19.2. The molecule has 4 aromatic rings. The molecule has 0 aliphatic rings. The third-order valence-corrected chi connectivity index (χ3v) is 6.06. The highest BCUT2D eigenvalue weighted by molar-refractivity contribution is 7.17. The van der Waals surface area contributed by atoms with E-state index in [2.05, 4.69) is 20.4 Å². The topological polar surface area (TPSA) is 107 Å². The van der Waals surface area contributed by atoms with E-state index in [0.717, 1.165) is 16.2 Å². The average Bonchev–Trinajstić information content (AvgIpc) is 3.42. The predicted octanol–water partition coefficient (Wildman–Crippen LogP) is 4.45. The van der Waals surface area contributed by atoms with Crippen molar-refractivity contribution < 1.29 is 18.8 Å². The Morgan fingerprint density at radius 2 is 2.07 bits per heavy atom. The van der Waals surface area contributed by atoms with Crippen LogP contribution in [0, 0.1) is 13.8 Å². The highest BCUT2D eigenvalue weighted by Crippen LogP contribution is 2.30. The number of fused-ring (bicyclic) bond motifs is 1. The Morgan fingerprint density at radius 1 is 1.24 bits per heavy atom. The SMILES string of the molecule is CCOC(=O)c1sc(NC(=O)c2cc(-c3cccs3)nc3onc(C)c23)nc1C. The third-order valence-electron chi connectivity index (χ3n) is 4.11. The molecule has 0 saturated carbocycles. The van der Waals surface area contributed by atoms with Crippen molar-refractivity contribution in [3.05, 3.63) is 45.4 Å². The first-order valence-corrected chi connectivity index (χ1v) is 10.4. The average molecular weight is 428 g/mol. The van der Waals surface area contributed by atoms with Gasteiger partial charge in [-0.3, -0.25) is 10.1 Å². The van der Waals surface area contributed by atoms with Crippen molar-refractivity contribution in [2.75, 3.05) is 11.9 Å². The summed E-state index contributed by atoms with van der Waals surface area (Å²) < 4.78 is 10.3. The van der Waals surface area contributed by atoms with Gasteiger partial charge in [-0.05, 0) is 38.3 Å². The maximum atomic E-state index is 13.1. The molecule has 8 nitrogen and oxygen atoms in total. The van der Waals surface area contributed by atoms with Crippen molar-refractivity contribution >= 4 is 50.8 Å². The summed E-state index contributed by atoms with van der Waals surface area (Å²) in [6, 6.07) is 5.53. The minimum atomic E-state index is -0.454. The van der Waals surface area contributed by atoms with Crippen LogP contribution >= 0.6 is 22.7 Å². The molecule has 0 radical (unpaired) electrons. The van der Waals surface area contributed by atoms with Crippen molar-refractivity contribution in [2.24, 2.45) is 0 Å². The Kier molecular flexibility index (Phi) is 5.12. The molecule has 0 unspecified atom stereocenters. The third kappa shape index (κ3) is 3.64. The summed E-state index contributed by atoms with van der Waals surface area (Å²) in [5.74, 6) is -0.838. The number of esters is 1. The molecule has 0 aliphatic carbocycles. The number of anilines is 1. The first-order valence-electron chi connectivity index (χ1n) is 8.74. The number of hydrogen-bond acceptors (Lipinski definition) is 9. The number of nitrogens with zero attached hydrogens (tertiary/aromatic N) is 3. The van der Waals surface area contributed by atoms with Crippen LogP contribution in [0.2, 0.25) is 0 Å². The number of thiophene rings is 1. The van der Waals surface area contributed by atoms with E-state index in [4.69, 9.17) is 9.26 Å². The number of carbonyl (C=O) groups excluding carboxylic acids is 2. The highest BCUT2D eigenvalue weighted by atomic mass is 32.1. The van der Waals surface area contributed by atoms with Crippen LogP contribution in [0.15, 0.2) is 28.1 Å². The fourth-order valence-corrected chi connectivity index (χ4v) is 4.37. The molecular weight excluding hydrogens is 412 g/mol. The number of aryl methyl sites for hydroxylation is 2. The van der Waals surface area contributed by atoms with Gasteiger partial charge in [-0.15, -0.1) is 11.3 Å². The van der Waals surface area contributed by atoms with Gasteiger partial charge >= 0.3 is 5.97 Å². The zero-order valence-electron chi connectivity index (χ0n) is 15.8. The van der Waals surface area contributed by atoms with Crippen LogP contribution in [0.3, 0.4) is 0 Å². The predicted molar refractivity (Wildman–Crippen MR) is 111 cm³/mol. The van der Waals surface area contributed by atoms with Crippen LogP contribution < -0.4 is 5.32 Å². The zero-order valence-corrected chi connectivity index (χ0v) is 17.4. The number of carbonyl (C=O) groups is 2. The molecule has 4 heterocycles. The second-order valence-corrected chi connectivity index (χ2v) is 8.04. The molecule has 0 atom stereocenters. The lowest BCUT2D eigenvalue weighted by Crippen LogP contribution is -2.13. The lowest BCUT2D eigenvalue weighted by atomic mass is 10.1. The summed E-state index contributed by atoms with van der Waals surface area (Å²) in [5.41, 5.74) is 2.36. The fraction of sp³-hybridized carbons (Fsp3) is 0.211. The lowest BCUT2D eigenvalue weighted by molar-refractivity contribution is 0.0531. The van der Waals surface area contributed by atoms with Crippen molar-refractivity contribution in [2.45, 2.75) is 20.8 Å². The molecule has 0 spiro atoms. The van der Waals surface area contributed by atoms with Gasteiger partial charge in [0.2, 0.25) is 0 Å². The fourth-order valence-electron chi connectivity index (χ4n) is 2.82. The van der Waals surface area contributed by atoms with Gasteiger partial charge in [-0.2, -0.15) is 0 Å². The number of hydrogen-bond donors (Lipinski definition) is 1. The van der Waals surface area contributed by atoms with Gasteiger partial charge in [0, 0.05) is 0 Å². The van der Waals surface area contributed by atoms with Crippen LogP contribution in [0.25, 0.3) is 21.7 Å². The smallest absolute Gasteiger partial charge is 0.350 e. The van der Waals surface area contributed by atoms with E-state index in [1.807, 2.05) is 17.5 Å². The van der Waals surface area contributed by atoms with E-state index in [0.29, 0.717) is 43.8 Å². The largest absolute Gasteiger partial charge is 0.462 e. The molecule has 4 aromatic heterocycles. The Labute approximate surface area is 173 Å². The zero-order chi connectivity index (χ0) is 20.5. The van der Waals surface area contributed by atoms with Crippen LogP contribution in [0.1, 0.15) is 38.3 Å². The van der Waals surface area contributed by atoms with E-state index < -0.39 is 5.97 Å². The molecule has 29 heavy (non-hydrogen) atoms. The maximum absolute atomic E-state index is 13.1. The number of rotatable bonds is 5. The maximum Gasteiger partial charge on any atom is 0.350 e. The van der Waals surface area contributed by atoms with Crippen LogP contribution in [0.5, 0.6) is 0 Å². The summed E-state index contributed by atoms with van der Waals surface area (Å²) in [7, 11) is 0. The van der Waals surface area contributed by atoms with E-state index in [1.54, 1.807) is 26.8 Å². The molecule has 0 aliphatic heterocycles. The van der Waals surface area contributed by atoms with Crippen molar-refractivity contribution in [1.82, 2.24) is 15.1 Å². The minimum absolute atomic E-state index is 0.269. The molecule has 1 N–H and O–H groups in total. The molecule has 1 amide bonds. The summed E-state index contributed by atoms with van der Waals surface area (Å²) in [4.78, 5) is 35.1. The number of ether oxygens (including phenoxy) is 1. The monoisotopic (exact) mass is 428 g/mol. The standard InChI is InChI=1S/C19H16N4O4S2/c1-4-26-18(25)15-10(3)20-19(29-15)22-16(24)11-8-12(13-6-5-7-28-13)21-17-14(11)9(2)23-27-17/h5-8H,4H2,1-3H3,(H,20,22,24). The van der Waals surface area contributed by atoms with Crippen LogP contribution in [-0.2, 0) is 4.74 Å². The first-order chi connectivity index (χ1) is 14.0. The van der Waals surface area contributed by atoms with Gasteiger partial charge in [-0.1, -0.05) is 22.6 Å². The number of pyridine rings is 1. The quantitative estimate of drug-likeness (QED) is 0.468. The lowest BCUT2D eigenvalue weighted by Gasteiger charge is -2.05. The second kappa shape index (κ2) is 7.72. The van der Waals surface area contributed by atoms with Gasteiger partial charge in [0.05, 0.1) is 39.5 Å². The molecule has 0 bridgehead atoms. The molecule has 10 heteroatoms. The number of aromatic nitrogens is 3. The second-order valence-electron chi connectivity index (χ2n) is 6.09. The number of amides is 1. The van der Waals surface area contributed by atoms with Crippen LogP contribution in [0.4, 0.5) is 5.13 Å². The molecule has 0 fully saturated rings. The molecule has 148 valence electrons. The normalized spacial score (nSPS) is 11.0. The molecule has 4 rings (SSSR count). The van der Waals surface area contributed by atoms with Gasteiger partial charge in [-0.25, -0.2) is 14.8 Å².